The quantitative estimate of drug-likeness (QED) is 0.632. The molecular weight excluding hydrogens is 126 g/mol. The predicted octanol–water partition coefficient (Wildman–Crippen LogP) is 1.86. The maximum Gasteiger partial charge on any atom is 0.0953 e. The van der Waals surface area contributed by atoms with Crippen molar-refractivity contribution >= 4 is 0 Å². The molecule has 0 fully saturated rings. The number of furan rings is 1. The summed E-state index contributed by atoms with van der Waals surface area (Å²) >= 11 is 0. The van der Waals surface area contributed by atoms with Crippen LogP contribution in [0, 0.1) is 0 Å². The molecule has 0 aliphatic carbocycles. The van der Waals surface area contributed by atoms with Crippen LogP contribution in [0.25, 0.3) is 0 Å². The topological polar surface area (TPSA) is 39.2 Å². The molecule has 0 aliphatic heterocycles. The maximum atomic E-state index is 5.72. The number of rotatable bonds is 2. The largest absolute Gasteiger partial charge is 0.472 e. The third-order valence-electron chi connectivity index (χ3n) is 1.43. The molecule has 1 aromatic rings. The summed E-state index contributed by atoms with van der Waals surface area (Å²) in [5, 5.41) is 0. The zero-order valence-electron chi connectivity index (χ0n) is 6.00. The highest BCUT2D eigenvalue weighted by molar-refractivity contribution is 5.20. The van der Waals surface area contributed by atoms with Crippen molar-refractivity contribution in [3.05, 3.63) is 36.3 Å². The molecule has 0 spiro atoms. The highest BCUT2D eigenvalue weighted by atomic mass is 16.3. The van der Waals surface area contributed by atoms with Crippen molar-refractivity contribution in [1.82, 2.24) is 0 Å². The van der Waals surface area contributed by atoms with E-state index in [1.807, 2.05) is 13.0 Å². The average Bonchev–Trinajstić information content (AvgIpc) is 2.36. The highest BCUT2D eigenvalue weighted by Gasteiger charge is 2.05. The van der Waals surface area contributed by atoms with Gasteiger partial charge in [0.05, 0.1) is 18.6 Å². The van der Waals surface area contributed by atoms with Gasteiger partial charge >= 0.3 is 0 Å². The van der Waals surface area contributed by atoms with Gasteiger partial charge in [0, 0.05) is 5.56 Å². The summed E-state index contributed by atoms with van der Waals surface area (Å²) in [5.74, 6) is 0. The predicted molar refractivity (Wildman–Crippen MR) is 40.5 cm³/mol. The zero-order valence-corrected chi connectivity index (χ0v) is 6.00. The molecule has 0 saturated heterocycles. The molecule has 1 rings (SSSR count). The third-order valence-corrected chi connectivity index (χ3v) is 1.43. The van der Waals surface area contributed by atoms with E-state index < -0.39 is 0 Å². The van der Waals surface area contributed by atoms with E-state index in [4.69, 9.17) is 10.2 Å². The van der Waals surface area contributed by atoms with Crippen LogP contribution in [0.5, 0.6) is 0 Å². The molecular formula is C8H11NO. The Kier molecular flexibility index (Phi) is 1.92. The monoisotopic (exact) mass is 137 g/mol. The molecule has 1 unspecified atom stereocenters. The van der Waals surface area contributed by atoms with Crippen LogP contribution >= 0.6 is 0 Å². The molecule has 2 heteroatoms. The molecule has 2 N–H and O–H groups in total. The lowest BCUT2D eigenvalue weighted by Gasteiger charge is -2.06. The highest BCUT2D eigenvalue weighted by Crippen LogP contribution is 2.16. The van der Waals surface area contributed by atoms with E-state index in [2.05, 4.69) is 6.58 Å². The van der Waals surface area contributed by atoms with E-state index in [0.717, 1.165) is 11.1 Å². The van der Waals surface area contributed by atoms with Gasteiger partial charge < -0.3 is 10.2 Å². The van der Waals surface area contributed by atoms with Crippen LogP contribution < -0.4 is 5.73 Å². The van der Waals surface area contributed by atoms with E-state index in [-0.39, 0.29) is 6.04 Å². The van der Waals surface area contributed by atoms with Crippen LogP contribution in [0.15, 0.2) is 35.2 Å². The molecule has 54 valence electrons. The average molecular weight is 137 g/mol. The maximum absolute atomic E-state index is 5.72. The van der Waals surface area contributed by atoms with Crippen LogP contribution in [0.4, 0.5) is 0 Å². The third kappa shape index (κ3) is 1.28. The lowest BCUT2D eigenvalue weighted by atomic mass is 10.1. The van der Waals surface area contributed by atoms with Crippen molar-refractivity contribution < 1.29 is 4.42 Å². The molecule has 0 aromatic carbocycles. The van der Waals surface area contributed by atoms with Crippen molar-refractivity contribution in [3.8, 4) is 0 Å². The molecule has 0 aliphatic rings. The summed E-state index contributed by atoms with van der Waals surface area (Å²) in [4.78, 5) is 0. The van der Waals surface area contributed by atoms with Gasteiger partial charge in [-0.2, -0.15) is 0 Å². The molecule has 2 nitrogen and oxygen atoms in total. The van der Waals surface area contributed by atoms with Gasteiger partial charge in [0.1, 0.15) is 0 Å². The smallest absolute Gasteiger partial charge is 0.0953 e. The Morgan fingerprint density at radius 3 is 2.90 bits per heavy atom. The fraction of sp³-hybridized carbons (Fsp3) is 0.250. The molecule has 1 heterocycles. The van der Waals surface area contributed by atoms with Gasteiger partial charge in [-0.15, -0.1) is 0 Å². The summed E-state index contributed by atoms with van der Waals surface area (Å²) in [6.45, 7) is 5.64. The Hall–Kier alpha value is -1.02. The summed E-state index contributed by atoms with van der Waals surface area (Å²) in [5.41, 5.74) is 7.65. The van der Waals surface area contributed by atoms with Gasteiger partial charge in [-0.3, -0.25) is 0 Å². The Labute approximate surface area is 60.3 Å². The van der Waals surface area contributed by atoms with E-state index in [9.17, 15) is 0 Å². The zero-order chi connectivity index (χ0) is 7.56. The van der Waals surface area contributed by atoms with Crippen molar-refractivity contribution in [2.45, 2.75) is 13.0 Å². The summed E-state index contributed by atoms with van der Waals surface area (Å²) in [7, 11) is 0. The van der Waals surface area contributed by atoms with Crippen LogP contribution in [-0.2, 0) is 0 Å². The molecule has 0 bridgehead atoms. The van der Waals surface area contributed by atoms with Crippen LogP contribution in [0.3, 0.4) is 0 Å². The van der Waals surface area contributed by atoms with Gasteiger partial charge in [0.15, 0.2) is 0 Å². The van der Waals surface area contributed by atoms with Gasteiger partial charge in [-0.25, -0.2) is 0 Å². The van der Waals surface area contributed by atoms with E-state index in [1.54, 1.807) is 12.5 Å². The summed E-state index contributed by atoms with van der Waals surface area (Å²) in [6.07, 6.45) is 3.25. The SMILES string of the molecule is C=C(C)C(N)c1ccoc1. The normalized spacial score (nSPS) is 13.0. The number of hydrogen-bond acceptors (Lipinski definition) is 2. The Morgan fingerprint density at radius 1 is 1.80 bits per heavy atom. The fourth-order valence-electron chi connectivity index (χ4n) is 0.736. The van der Waals surface area contributed by atoms with E-state index in [0.29, 0.717) is 0 Å². The van der Waals surface area contributed by atoms with Crippen LogP contribution in [0.2, 0.25) is 0 Å². The number of nitrogens with two attached hydrogens (primary N) is 1. The minimum atomic E-state index is -0.0845. The van der Waals surface area contributed by atoms with E-state index >= 15 is 0 Å². The molecule has 1 atom stereocenters. The Morgan fingerprint density at radius 2 is 2.50 bits per heavy atom. The minimum absolute atomic E-state index is 0.0845. The molecule has 0 amide bonds. The lowest BCUT2D eigenvalue weighted by Crippen LogP contribution is -2.09. The second kappa shape index (κ2) is 2.71. The van der Waals surface area contributed by atoms with Crippen LogP contribution in [0.1, 0.15) is 18.5 Å². The first-order valence-electron chi connectivity index (χ1n) is 3.15. The second-order valence-corrected chi connectivity index (χ2v) is 2.38. The minimum Gasteiger partial charge on any atom is -0.472 e. The van der Waals surface area contributed by atoms with Crippen molar-refractivity contribution in [1.29, 1.82) is 0 Å². The first-order chi connectivity index (χ1) is 4.72. The number of hydrogen-bond donors (Lipinski definition) is 1. The van der Waals surface area contributed by atoms with Crippen molar-refractivity contribution in [2.24, 2.45) is 5.73 Å². The van der Waals surface area contributed by atoms with Gasteiger partial charge in [-0.05, 0) is 13.0 Å². The van der Waals surface area contributed by atoms with Crippen LogP contribution in [-0.4, -0.2) is 0 Å². The van der Waals surface area contributed by atoms with E-state index in [1.165, 1.54) is 0 Å². The van der Waals surface area contributed by atoms with Crippen molar-refractivity contribution in [3.63, 3.8) is 0 Å². The summed E-state index contributed by atoms with van der Waals surface area (Å²) in [6, 6.07) is 1.76. The summed E-state index contributed by atoms with van der Waals surface area (Å²) < 4.78 is 4.86. The lowest BCUT2D eigenvalue weighted by molar-refractivity contribution is 0.561. The molecule has 0 saturated carbocycles. The Balaban J connectivity index is 2.77. The second-order valence-electron chi connectivity index (χ2n) is 2.38. The van der Waals surface area contributed by atoms with Gasteiger partial charge in [-0.1, -0.05) is 12.2 Å². The Bertz CT molecular complexity index is 213. The molecule has 1 aromatic heterocycles. The standard InChI is InChI=1S/C8H11NO/c1-6(2)8(9)7-3-4-10-5-7/h3-5,8H,1,9H2,2H3. The van der Waals surface area contributed by atoms with Gasteiger partial charge in [0.25, 0.3) is 0 Å². The first-order valence-corrected chi connectivity index (χ1v) is 3.15. The first kappa shape index (κ1) is 7.09. The van der Waals surface area contributed by atoms with Crippen molar-refractivity contribution in [2.75, 3.05) is 0 Å². The van der Waals surface area contributed by atoms with Gasteiger partial charge in [0.2, 0.25) is 0 Å². The fourth-order valence-corrected chi connectivity index (χ4v) is 0.736. The molecule has 0 radical (unpaired) electrons. The molecule has 10 heavy (non-hydrogen) atoms.